The first-order valence-electron chi connectivity index (χ1n) is 5.97. The Kier molecular flexibility index (Phi) is 4.23. The van der Waals surface area contributed by atoms with Gasteiger partial charge in [0.2, 0.25) is 0 Å². The van der Waals surface area contributed by atoms with Crippen molar-refractivity contribution < 1.29 is 14.6 Å². The van der Waals surface area contributed by atoms with Crippen LogP contribution < -0.4 is 10.6 Å². The number of aromatic nitrogens is 1. The second-order valence-corrected chi connectivity index (χ2v) is 5.49. The van der Waals surface area contributed by atoms with Gasteiger partial charge < -0.3 is 25.4 Å². The number of ether oxygens (including phenoxy) is 1. The highest BCUT2D eigenvalue weighted by Crippen LogP contribution is 2.28. The molecular weight excluding hydrogens is 268 g/mol. The molecule has 7 nitrogen and oxygen atoms in total. The number of anilines is 2. The molecule has 0 spiro atoms. The topological polar surface area (TPSA) is 91.9 Å². The van der Waals surface area contributed by atoms with Gasteiger partial charge in [-0.15, -0.1) is 0 Å². The molecule has 1 atom stereocenters. The van der Waals surface area contributed by atoms with Gasteiger partial charge in [0.15, 0.2) is 5.13 Å². The van der Waals surface area contributed by atoms with Crippen LogP contribution in [0.25, 0.3) is 0 Å². The molecule has 19 heavy (non-hydrogen) atoms. The van der Waals surface area contributed by atoms with E-state index in [0.29, 0.717) is 29.8 Å². The Hall–Kier alpha value is -1.38. The zero-order valence-corrected chi connectivity index (χ0v) is 11.8. The first-order chi connectivity index (χ1) is 9.04. The van der Waals surface area contributed by atoms with Crippen molar-refractivity contribution >= 4 is 28.2 Å². The Labute approximate surface area is 115 Å². The number of thiazole rings is 1. The largest absolute Gasteiger partial charge is 0.394 e. The SMILES string of the molecule is CN(C)c1nc(N)c(C(=O)N2CCOCC2CO)s1. The number of hydrogen-bond acceptors (Lipinski definition) is 7. The third-order valence-electron chi connectivity index (χ3n) is 2.92. The minimum Gasteiger partial charge on any atom is -0.394 e. The zero-order chi connectivity index (χ0) is 14.0. The van der Waals surface area contributed by atoms with Gasteiger partial charge in [-0.2, -0.15) is 0 Å². The van der Waals surface area contributed by atoms with E-state index < -0.39 is 0 Å². The molecular formula is C11H18N4O3S. The smallest absolute Gasteiger partial charge is 0.268 e. The van der Waals surface area contributed by atoms with Gasteiger partial charge in [-0.3, -0.25) is 4.79 Å². The maximum Gasteiger partial charge on any atom is 0.268 e. The fraction of sp³-hybridized carbons (Fsp3) is 0.636. The van der Waals surface area contributed by atoms with Crippen LogP contribution in [0.4, 0.5) is 10.9 Å². The monoisotopic (exact) mass is 286 g/mol. The Bertz CT molecular complexity index is 463. The fourth-order valence-corrected chi connectivity index (χ4v) is 2.73. The summed E-state index contributed by atoms with van der Waals surface area (Å²) >= 11 is 1.26. The Morgan fingerprint density at radius 2 is 2.42 bits per heavy atom. The molecule has 0 aromatic carbocycles. The van der Waals surface area contributed by atoms with Crippen molar-refractivity contribution in [3.63, 3.8) is 0 Å². The van der Waals surface area contributed by atoms with Crippen LogP contribution in [0.1, 0.15) is 9.67 Å². The fourth-order valence-electron chi connectivity index (χ4n) is 1.87. The van der Waals surface area contributed by atoms with Gasteiger partial charge >= 0.3 is 0 Å². The van der Waals surface area contributed by atoms with Crippen LogP contribution >= 0.6 is 11.3 Å². The third kappa shape index (κ3) is 2.80. The summed E-state index contributed by atoms with van der Waals surface area (Å²) in [5.74, 6) is 0.0485. The zero-order valence-electron chi connectivity index (χ0n) is 11.0. The minimum atomic E-state index is -0.314. The first kappa shape index (κ1) is 14.0. The maximum absolute atomic E-state index is 12.5. The number of nitrogens with two attached hydrogens (primary N) is 1. The van der Waals surface area contributed by atoms with E-state index >= 15 is 0 Å². The van der Waals surface area contributed by atoms with Crippen LogP contribution in [0, 0.1) is 0 Å². The predicted molar refractivity (Wildman–Crippen MR) is 73.6 cm³/mol. The number of nitrogen functional groups attached to an aromatic ring is 1. The first-order valence-corrected chi connectivity index (χ1v) is 6.79. The van der Waals surface area contributed by atoms with Crippen LogP contribution in [0.3, 0.4) is 0 Å². The number of aliphatic hydroxyl groups excluding tert-OH is 1. The molecule has 2 heterocycles. The molecule has 3 N–H and O–H groups in total. The highest BCUT2D eigenvalue weighted by atomic mass is 32.1. The second kappa shape index (κ2) is 5.72. The molecule has 1 aliphatic heterocycles. The van der Waals surface area contributed by atoms with Crippen LogP contribution in [0.5, 0.6) is 0 Å². The quantitative estimate of drug-likeness (QED) is 0.787. The second-order valence-electron chi connectivity index (χ2n) is 4.52. The molecule has 1 amide bonds. The average molecular weight is 286 g/mol. The Morgan fingerprint density at radius 1 is 1.68 bits per heavy atom. The highest BCUT2D eigenvalue weighted by Gasteiger charge is 2.30. The molecule has 2 rings (SSSR count). The summed E-state index contributed by atoms with van der Waals surface area (Å²) < 4.78 is 5.26. The summed E-state index contributed by atoms with van der Waals surface area (Å²) in [5.41, 5.74) is 5.81. The van der Waals surface area contributed by atoms with E-state index in [1.807, 2.05) is 14.1 Å². The van der Waals surface area contributed by atoms with Gasteiger partial charge in [0.1, 0.15) is 10.7 Å². The van der Waals surface area contributed by atoms with Gasteiger partial charge in [-0.25, -0.2) is 4.98 Å². The van der Waals surface area contributed by atoms with Gasteiger partial charge in [-0.1, -0.05) is 11.3 Å². The molecule has 1 fully saturated rings. The molecule has 0 radical (unpaired) electrons. The lowest BCUT2D eigenvalue weighted by Crippen LogP contribution is -2.50. The summed E-state index contributed by atoms with van der Waals surface area (Å²) in [5, 5.41) is 9.98. The van der Waals surface area contributed by atoms with E-state index in [9.17, 15) is 9.90 Å². The van der Waals surface area contributed by atoms with Crippen LogP contribution in [-0.4, -0.2) is 67.4 Å². The number of aliphatic hydroxyl groups is 1. The molecule has 1 aromatic rings. The van der Waals surface area contributed by atoms with Crippen LogP contribution in [0.15, 0.2) is 0 Å². The number of carbonyl (C=O) groups is 1. The van der Waals surface area contributed by atoms with Gasteiger partial charge in [0, 0.05) is 20.6 Å². The molecule has 1 aromatic heterocycles. The molecule has 0 bridgehead atoms. The van der Waals surface area contributed by atoms with Gasteiger partial charge in [0.05, 0.1) is 25.9 Å². The van der Waals surface area contributed by atoms with E-state index in [-0.39, 0.29) is 24.4 Å². The van der Waals surface area contributed by atoms with Crippen molar-refractivity contribution in [1.29, 1.82) is 0 Å². The lowest BCUT2D eigenvalue weighted by atomic mass is 10.2. The molecule has 1 unspecified atom stereocenters. The number of morpholine rings is 1. The molecule has 0 saturated carbocycles. The van der Waals surface area contributed by atoms with Crippen molar-refractivity contribution in [1.82, 2.24) is 9.88 Å². The van der Waals surface area contributed by atoms with Gasteiger partial charge in [-0.05, 0) is 0 Å². The predicted octanol–water partition coefficient (Wildman–Crippen LogP) is -0.375. The van der Waals surface area contributed by atoms with Crippen molar-refractivity contribution in [3.05, 3.63) is 4.88 Å². The third-order valence-corrected chi connectivity index (χ3v) is 4.14. The molecule has 0 aliphatic carbocycles. The Morgan fingerprint density at radius 3 is 3.00 bits per heavy atom. The molecule has 8 heteroatoms. The number of amides is 1. The summed E-state index contributed by atoms with van der Waals surface area (Å²) in [6.45, 7) is 1.16. The highest BCUT2D eigenvalue weighted by molar-refractivity contribution is 7.18. The summed E-state index contributed by atoms with van der Waals surface area (Å²) in [4.78, 5) is 20.4. The van der Waals surface area contributed by atoms with Crippen LogP contribution in [-0.2, 0) is 4.74 Å². The van der Waals surface area contributed by atoms with E-state index in [1.165, 1.54) is 11.3 Å². The number of rotatable bonds is 3. The van der Waals surface area contributed by atoms with E-state index in [0.717, 1.165) is 0 Å². The standard InChI is InChI=1S/C11H18N4O3S/c1-14(2)11-13-9(12)8(19-11)10(17)15-3-4-18-6-7(15)5-16/h7,16H,3-6,12H2,1-2H3. The van der Waals surface area contributed by atoms with E-state index in [1.54, 1.807) is 9.80 Å². The lowest BCUT2D eigenvalue weighted by Gasteiger charge is -2.34. The van der Waals surface area contributed by atoms with Crippen molar-refractivity contribution in [2.45, 2.75) is 6.04 Å². The summed E-state index contributed by atoms with van der Waals surface area (Å²) in [6.07, 6.45) is 0. The maximum atomic E-state index is 12.5. The van der Waals surface area contributed by atoms with Crippen LogP contribution in [0.2, 0.25) is 0 Å². The van der Waals surface area contributed by atoms with E-state index in [4.69, 9.17) is 10.5 Å². The minimum absolute atomic E-state index is 0.120. The Balaban J connectivity index is 2.22. The molecule has 1 aliphatic rings. The number of hydrogen-bond donors (Lipinski definition) is 2. The normalized spacial score (nSPS) is 19.5. The van der Waals surface area contributed by atoms with E-state index in [2.05, 4.69) is 4.98 Å². The molecule has 106 valence electrons. The van der Waals surface area contributed by atoms with Gasteiger partial charge in [0.25, 0.3) is 5.91 Å². The molecule has 1 saturated heterocycles. The summed E-state index contributed by atoms with van der Waals surface area (Å²) in [6, 6.07) is -0.314. The van der Waals surface area contributed by atoms with Crippen molar-refractivity contribution in [2.24, 2.45) is 0 Å². The average Bonchev–Trinajstić information content (AvgIpc) is 2.80. The number of nitrogens with zero attached hydrogens (tertiary/aromatic N) is 3. The summed E-state index contributed by atoms with van der Waals surface area (Å²) in [7, 11) is 3.69. The lowest BCUT2D eigenvalue weighted by molar-refractivity contribution is -0.0181. The number of carbonyl (C=O) groups excluding carboxylic acids is 1. The van der Waals surface area contributed by atoms with Crippen molar-refractivity contribution in [2.75, 3.05) is 51.1 Å². The van der Waals surface area contributed by atoms with Crippen molar-refractivity contribution in [3.8, 4) is 0 Å².